The van der Waals surface area contributed by atoms with Gasteiger partial charge < -0.3 is 10.6 Å². The van der Waals surface area contributed by atoms with Crippen molar-refractivity contribution in [3.8, 4) is 0 Å². The van der Waals surface area contributed by atoms with Crippen LogP contribution in [0.5, 0.6) is 0 Å². The van der Waals surface area contributed by atoms with Crippen LogP contribution >= 0.6 is 0 Å². The van der Waals surface area contributed by atoms with Gasteiger partial charge in [0, 0.05) is 30.4 Å². The topological polar surface area (TPSA) is 42.2 Å². The standard InChI is InChI=1S/C16H27N3/c1-12(2)11-19(14-7-4-5-8-14)16-15(13(3)17)9-6-10-18-16/h6,9-10,12-14H,4-5,7-8,11,17H2,1-3H3/t13-/m0/s1. The number of pyridine rings is 1. The maximum Gasteiger partial charge on any atom is 0.133 e. The van der Waals surface area contributed by atoms with E-state index < -0.39 is 0 Å². The smallest absolute Gasteiger partial charge is 0.133 e. The van der Waals surface area contributed by atoms with E-state index in [0.717, 1.165) is 12.4 Å². The molecule has 0 aromatic carbocycles. The molecule has 0 bridgehead atoms. The number of hydrogen-bond acceptors (Lipinski definition) is 3. The highest BCUT2D eigenvalue weighted by molar-refractivity contribution is 5.49. The van der Waals surface area contributed by atoms with E-state index in [1.54, 1.807) is 0 Å². The van der Waals surface area contributed by atoms with Gasteiger partial charge in [-0.15, -0.1) is 0 Å². The zero-order valence-electron chi connectivity index (χ0n) is 12.5. The zero-order valence-corrected chi connectivity index (χ0v) is 12.5. The van der Waals surface area contributed by atoms with Crippen molar-refractivity contribution in [1.82, 2.24) is 4.98 Å². The van der Waals surface area contributed by atoms with Gasteiger partial charge in [-0.2, -0.15) is 0 Å². The molecule has 3 nitrogen and oxygen atoms in total. The molecule has 0 aliphatic heterocycles. The maximum absolute atomic E-state index is 6.12. The summed E-state index contributed by atoms with van der Waals surface area (Å²) in [5.74, 6) is 1.75. The third-order valence-corrected chi connectivity index (χ3v) is 3.91. The van der Waals surface area contributed by atoms with E-state index in [9.17, 15) is 0 Å². The van der Waals surface area contributed by atoms with Gasteiger partial charge in [-0.3, -0.25) is 0 Å². The first-order valence-corrected chi connectivity index (χ1v) is 7.56. The minimum absolute atomic E-state index is 0.0414. The predicted molar refractivity (Wildman–Crippen MR) is 81.3 cm³/mol. The molecule has 1 fully saturated rings. The van der Waals surface area contributed by atoms with Crippen LogP contribution in [0.15, 0.2) is 18.3 Å². The van der Waals surface area contributed by atoms with Gasteiger partial charge in [-0.25, -0.2) is 4.98 Å². The van der Waals surface area contributed by atoms with Gasteiger partial charge in [0.1, 0.15) is 5.82 Å². The molecule has 1 aromatic heterocycles. The van der Waals surface area contributed by atoms with Gasteiger partial charge >= 0.3 is 0 Å². The summed E-state index contributed by atoms with van der Waals surface area (Å²) in [5.41, 5.74) is 7.29. The van der Waals surface area contributed by atoms with Gasteiger partial charge in [-0.05, 0) is 31.7 Å². The van der Waals surface area contributed by atoms with Crippen LogP contribution in [-0.4, -0.2) is 17.6 Å². The third kappa shape index (κ3) is 3.47. The normalized spacial score (nSPS) is 17.9. The molecule has 0 unspecified atom stereocenters. The number of aromatic nitrogens is 1. The number of anilines is 1. The maximum atomic E-state index is 6.12. The molecule has 1 saturated carbocycles. The summed E-state index contributed by atoms with van der Waals surface area (Å²) >= 11 is 0. The Kier molecular flexibility index (Phi) is 4.81. The number of rotatable bonds is 5. The molecule has 1 aromatic rings. The van der Waals surface area contributed by atoms with Crippen molar-refractivity contribution in [1.29, 1.82) is 0 Å². The first-order valence-electron chi connectivity index (χ1n) is 7.56. The summed E-state index contributed by atoms with van der Waals surface area (Å²) in [4.78, 5) is 7.15. The van der Waals surface area contributed by atoms with Crippen LogP contribution in [0.1, 0.15) is 58.1 Å². The lowest BCUT2D eigenvalue weighted by Gasteiger charge is -2.33. The van der Waals surface area contributed by atoms with Crippen LogP contribution in [-0.2, 0) is 0 Å². The summed E-state index contributed by atoms with van der Waals surface area (Å²) in [6, 6.07) is 4.80. The van der Waals surface area contributed by atoms with Crippen LogP contribution in [0, 0.1) is 5.92 Å². The molecule has 19 heavy (non-hydrogen) atoms. The fraction of sp³-hybridized carbons (Fsp3) is 0.688. The quantitative estimate of drug-likeness (QED) is 0.882. The monoisotopic (exact) mass is 261 g/mol. The van der Waals surface area contributed by atoms with E-state index in [-0.39, 0.29) is 6.04 Å². The molecule has 1 atom stereocenters. The van der Waals surface area contributed by atoms with E-state index in [1.807, 2.05) is 19.2 Å². The number of nitrogens with zero attached hydrogens (tertiary/aromatic N) is 2. The molecule has 3 heteroatoms. The number of nitrogens with two attached hydrogens (primary N) is 1. The van der Waals surface area contributed by atoms with Gasteiger partial charge in [0.2, 0.25) is 0 Å². The predicted octanol–water partition coefficient (Wildman–Crippen LogP) is 3.51. The average Bonchev–Trinajstić information content (AvgIpc) is 2.89. The Bertz CT molecular complexity index is 395. The van der Waals surface area contributed by atoms with E-state index in [2.05, 4.69) is 29.8 Å². The summed E-state index contributed by atoms with van der Waals surface area (Å²) in [6.07, 6.45) is 7.17. The highest BCUT2D eigenvalue weighted by atomic mass is 15.2. The zero-order chi connectivity index (χ0) is 13.8. The van der Waals surface area contributed by atoms with E-state index in [4.69, 9.17) is 5.73 Å². The molecular formula is C16H27N3. The van der Waals surface area contributed by atoms with Crippen LogP contribution in [0.25, 0.3) is 0 Å². The van der Waals surface area contributed by atoms with Crippen LogP contribution in [0.2, 0.25) is 0 Å². The van der Waals surface area contributed by atoms with Crippen LogP contribution in [0.3, 0.4) is 0 Å². The summed E-state index contributed by atoms with van der Waals surface area (Å²) < 4.78 is 0. The summed E-state index contributed by atoms with van der Waals surface area (Å²) in [6.45, 7) is 7.66. The highest BCUT2D eigenvalue weighted by Crippen LogP contribution is 2.31. The molecule has 0 saturated heterocycles. The van der Waals surface area contributed by atoms with Crippen molar-refractivity contribution in [2.75, 3.05) is 11.4 Å². The minimum atomic E-state index is 0.0414. The molecule has 0 spiro atoms. The van der Waals surface area contributed by atoms with Crippen LogP contribution in [0.4, 0.5) is 5.82 Å². The first-order chi connectivity index (χ1) is 9.09. The first kappa shape index (κ1) is 14.3. The van der Waals surface area contributed by atoms with Gasteiger partial charge in [0.25, 0.3) is 0 Å². The van der Waals surface area contributed by atoms with Gasteiger partial charge in [0.05, 0.1) is 0 Å². The van der Waals surface area contributed by atoms with E-state index in [0.29, 0.717) is 12.0 Å². The Hall–Kier alpha value is -1.09. The third-order valence-electron chi connectivity index (χ3n) is 3.91. The average molecular weight is 261 g/mol. The van der Waals surface area contributed by atoms with Crippen molar-refractivity contribution in [3.05, 3.63) is 23.9 Å². The molecule has 106 valence electrons. The van der Waals surface area contributed by atoms with Crippen molar-refractivity contribution >= 4 is 5.82 Å². The molecule has 1 heterocycles. The lowest BCUT2D eigenvalue weighted by molar-refractivity contribution is 0.528. The van der Waals surface area contributed by atoms with Crippen molar-refractivity contribution in [2.24, 2.45) is 11.7 Å². The van der Waals surface area contributed by atoms with E-state index >= 15 is 0 Å². The second-order valence-corrected chi connectivity index (χ2v) is 6.19. The molecule has 2 rings (SSSR count). The lowest BCUT2D eigenvalue weighted by Crippen LogP contribution is -2.38. The highest BCUT2D eigenvalue weighted by Gasteiger charge is 2.26. The summed E-state index contributed by atoms with van der Waals surface area (Å²) in [7, 11) is 0. The van der Waals surface area contributed by atoms with Crippen molar-refractivity contribution in [3.63, 3.8) is 0 Å². The van der Waals surface area contributed by atoms with Gasteiger partial charge in [0.15, 0.2) is 0 Å². The Labute approximate surface area is 117 Å². The fourth-order valence-electron chi connectivity index (χ4n) is 3.02. The Balaban J connectivity index is 2.31. The second kappa shape index (κ2) is 6.38. The summed E-state index contributed by atoms with van der Waals surface area (Å²) in [5, 5.41) is 0. The Morgan fingerprint density at radius 1 is 1.32 bits per heavy atom. The molecular weight excluding hydrogens is 234 g/mol. The Morgan fingerprint density at radius 3 is 2.58 bits per heavy atom. The second-order valence-electron chi connectivity index (χ2n) is 6.19. The fourth-order valence-corrected chi connectivity index (χ4v) is 3.02. The van der Waals surface area contributed by atoms with Crippen molar-refractivity contribution in [2.45, 2.75) is 58.5 Å². The lowest BCUT2D eigenvalue weighted by atomic mass is 10.1. The van der Waals surface area contributed by atoms with Crippen molar-refractivity contribution < 1.29 is 0 Å². The largest absolute Gasteiger partial charge is 0.353 e. The van der Waals surface area contributed by atoms with Crippen LogP contribution < -0.4 is 10.6 Å². The molecule has 0 radical (unpaired) electrons. The van der Waals surface area contributed by atoms with Gasteiger partial charge in [-0.1, -0.05) is 32.8 Å². The molecule has 0 amide bonds. The molecule has 2 N–H and O–H groups in total. The number of hydrogen-bond donors (Lipinski definition) is 1. The Morgan fingerprint density at radius 2 is 2.00 bits per heavy atom. The minimum Gasteiger partial charge on any atom is -0.353 e. The molecule has 1 aliphatic rings. The SMILES string of the molecule is CC(C)CN(c1ncccc1[C@H](C)N)C1CCCC1. The molecule has 1 aliphatic carbocycles. The van der Waals surface area contributed by atoms with E-state index in [1.165, 1.54) is 31.2 Å².